The van der Waals surface area contributed by atoms with Crippen LogP contribution in [0.3, 0.4) is 0 Å². The first-order valence-corrected chi connectivity index (χ1v) is 9.69. The fourth-order valence-corrected chi connectivity index (χ4v) is 4.72. The first kappa shape index (κ1) is 16.0. The second-order valence-electron chi connectivity index (χ2n) is 6.35. The third kappa shape index (κ3) is 2.65. The van der Waals surface area contributed by atoms with Crippen molar-refractivity contribution in [2.75, 3.05) is 11.8 Å². The van der Waals surface area contributed by atoms with E-state index in [1.165, 1.54) is 16.5 Å². The molecule has 0 spiro atoms. The summed E-state index contributed by atoms with van der Waals surface area (Å²) >= 11 is 0. The molecular formula is C20H19NO3S. The Balaban J connectivity index is 1.78. The van der Waals surface area contributed by atoms with Crippen LogP contribution < -0.4 is 9.46 Å². The van der Waals surface area contributed by atoms with Crippen LogP contribution in [-0.2, 0) is 22.9 Å². The highest BCUT2D eigenvalue weighted by molar-refractivity contribution is 7.92. The van der Waals surface area contributed by atoms with Gasteiger partial charge in [-0.2, -0.15) is 0 Å². The number of rotatable bonds is 4. The molecule has 4 nitrogen and oxygen atoms in total. The van der Waals surface area contributed by atoms with Gasteiger partial charge in [0.1, 0.15) is 5.75 Å². The lowest BCUT2D eigenvalue weighted by atomic mass is 10.0. The van der Waals surface area contributed by atoms with Crippen molar-refractivity contribution in [3.63, 3.8) is 0 Å². The molecule has 1 aliphatic carbocycles. The van der Waals surface area contributed by atoms with Crippen LogP contribution in [0, 0.1) is 6.92 Å². The SMILES string of the molecule is COc1ccc(S(=O)(=O)Nc2ccc3c4c(cccc24)CC3)cc1C. The van der Waals surface area contributed by atoms with Crippen LogP contribution in [0.25, 0.3) is 10.8 Å². The number of anilines is 1. The monoisotopic (exact) mass is 353 g/mol. The topological polar surface area (TPSA) is 55.4 Å². The Bertz CT molecular complexity index is 1080. The molecule has 3 aromatic carbocycles. The van der Waals surface area contributed by atoms with Gasteiger partial charge in [-0.05, 0) is 66.1 Å². The highest BCUT2D eigenvalue weighted by Crippen LogP contribution is 2.36. The van der Waals surface area contributed by atoms with E-state index in [-0.39, 0.29) is 4.90 Å². The molecule has 0 aromatic heterocycles. The largest absolute Gasteiger partial charge is 0.496 e. The maximum atomic E-state index is 12.8. The van der Waals surface area contributed by atoms with E-state index in [9.17, 15) is 8.42 Å². The van der Waals surface area contributed by atoms with E-state index >= 15 is 0 Å². The standard InChI is InChI=1S/C20H19NO3S/c1-13-12-16(9-11-19(13)24-2)25(22,23)21-18-10-8-15-7-6-14-4-3-5-17(18)20(14)15/h3-5,8-12,21H,6-7H2,1-2H3. The fraction of sp³-hybridized carbons (Fsp3) is 0.200. The minimum absolute atomic E-state index is 0.231. The zero-order valence-electron chi connectivity index (χ0n) is 14.2. The fourth-order valence-electron chi connectivity index (χ4n) is 3.56. The number of aryl methyl sites for hydroxylation is 3. The van der Waals surface area contributed by atoms with Gasteiger partial charge in [-0.3, -0.25) is 4.72 Å². The minimum atomic E-state index is -3.66. The molecule has 0 saturated heterocycles. The molecule has 0 saturated carbocycles. The van der Waals surface area contributed by atoms with Gasteiger partial charge < -0.3 is 4.74 Å². The summed E-state index contributed by atoms with van der Waals surface area (Å²) in [7, 11) is -2.09. The van der Waals surface area contributed by atoms with Crippen LogP contribution in [0.5, 0.6) is 5.75 Å². The van der Waals surface area contributed by atoms with Gasteiger partial charge in [0.05, 0.1) is 17.7 Å². The molecule has 25 heavy (non-hydrogen) atoms. The maximum Gasteiger partial charge on any atom is 0.261 e. The molecule has 1 aliphatic rings. The van der Waals surface area contributed by atoms with Crippen LogP contribution in [0.15, 0.2) is 53.4 Å². The molecular weight excluding hydrogens is 334 g/mol. The van der Waals surface area contributed by atoms with Gasteiger partial charge in [-0.25, -0.2) is 8.42 Å². The molecule has 4 rings (SSSR count). The number of hydrogen-bond acceptors (Lipinski definition) is 3. The second kappa shape index (κ2) is 5.77. The summed E-state index contributed by atoms with van der Waals surface area (Å²) < 4.78 is 33.6. The Hall–Kier alpha value is -2.53. The van der Waals surface area contributed by atoms with Gasteiger partial charge in [0.25, 0.3) is 10.0 Å². The molecule has 3 aromatic rings. The van der Waals surface area contributed by atoms with Crippen LogP contribution in [-0.4, -0.2) is 15.5 Å². The van der Waals surface area contributed by atoms with E-state index in [1.54, 1.807) is 25.3 Å². The van der Waals surface area contributed by atoms with Crippen LogP contribution in [0.2, 0.25) is 0 Å². The molecule has 0 heterocycles. The summed E-state index contributed by atoms with van der Waals surface area (Å²) in [6.45, 7) is 1.83. The normalized spacial score (nSPS) is 13.2. The van der Waals surface area contributed by atoms with Gasteiger partial charge in [-0.15, -0.1) is 0 Å². The highest BCUT2D eigenvalue weighted by Gasteiger charge is 2.20. The van der Waals surface area contributed by atoms with Crippen molar-refractivity contribution in [1.29, 1.82) is 0 Å². The summed E-state index contributed by atoms with van der Waals surface area (Å²) in [5.74, 6) is 0.671. The molecule has 0 unspecified atom stereocenters. The molecule has 0 radical (unpaired) electrons. The lowest BCUT2D eigenvalue weighted by Gasteiger charge is -2.13. The molecule has 128 valence electrons. The lowest BCUT2D eigenvalue weighted by Crippen LogP contribution is -2.13. The average molecular weight is 353 g/mol. The molecule has 0 amide bonds. The van der Waals surface area contributed by atoms with Crippen molar-refractivity contribution < 1.29 is 13.2 Å². The Kier molecular flexibility index (Phi) is 3.69. The number of nitrogens with one attached hydrogen (secondary N) is 1. The quantitative estimate of drug-likeness (QED) is 0.770. The third-order valence-electron chi connectivity index (χ3n) is 4.80. The zero-order valence-corrected chi connectivity index (χ0v) is 15.0. The van der Waals surface area contributed by atoms with Gasteiger partial charge >= 0.3 is 0 Å². The Labute approximate surface area is 147 Å². The first-order chi connectivity index (χ1) is 12.0. The first-order valence-electron chi connectivity index (χ1n) is 8.20. The summed E-state index contributed by atoms with van der Waals surface area (Å²) in [5, 5.41) is 2.15. The highest BCUT2D eigenvalue weighted by atomic mass is 32.2. The number of methoxy groups -OCH3 is 1. The van der Waals surface area contributed by atoms with E-state index in [2.05, 4.69) is 10.8 Å². The van der Waals surface area contributed by atoms with Crippen molar-refractivity contribution in [1.82, 2.24) is 0 Å². The molecule has 0 bridgehead atoms. The lowest BCUT2D eigenvalue weighted by molar-refractivity contribution is 0.411. The number of benzene rings is 3. The van der Waals surface area contributed by atoms with Gasteiger partial charge in [0.15, 0.2) is 0 Å². The average Bonchev–Trinajstić information content (AvgIpc) is 3.02. The Morgan fingerprint density at radius 2 is 1.76 bits per heavy atom. The minimum Gasteiger partial charge on any atom is -0.496 e. The van der Waals surface area contributed by atoms with Crippen molar-refractivity contribution in [2.24, 2.45) is 0 Å². The van der Waals surface area contributed by atoms with Gasteiger partial charge in [0.2, 0.25) is 0 Å². The van der Waals surface area contributed by atoms with E-state index in [0.29, 0.717) is 11.4 Å². The van der Waals surface area contributed by atoms with Crippen molar-refractivity contribution >= 4 is 26.5 Å². The molecule has 0 atom stereocenters. The van der Waals surface area contributed by atoms with Crippen molar-refractivity contribution in [3.05, 3.63) is 65.2 Å². The van der Waals surface area contributed by atoms with Crippen molar-refractivity contribution in [2.45, 2.75) is 24.7 Å². The predicted molar refractivity (Wildman–Crippen MR) is 99.9 cm³/mol. The van der Waals surface area contributed by atoms with Gasteiger partial charge in [-0.1, -0.05) is 24.3 Å². The molecule has 0 fully saturated rings. The second-order valence-corrected chi connectivity index (χ2v) is 8.03. The van der Waals surface area contributed by atoms with Crippen LogP contribution in [0.1, 0.15) is 16.7 Å². The Morgan fingerprint density at radius 1 is 1.00 bits per heavy atom. The van der Waals surface area contributed by atoms with E-state index < -0.39 is 10.0 Å². The number of sulfonamides is 1. The summed E-state index contributed by atoms with van der Waals surface area (Å²) in [6.07, 6.45) is 2.03. The van der Waals surface area contributed by atoms with Gasteiger partial charge in [0, 0.05) is 5.39 Å². The third-order valence-corrected chi connectivity index (χ3v) is 6.16. The molecule has 1 N–H and O–H groups in total. The Morgan fingerprint density at radius 3 is 2.48 bits per heavy atom. The zero-order chi connectivity index (χ0) is 17.6. The van der Waals surface area contributed by atoms with Crippen LogP contribution >= 0.6 is 0 Å². The molecule has 5 heteroatoms. The number of hydrogen-bond donors (Lipinski definition) is 1. The molecule has 0 aliphatic heterocycles. The maximum absolute atomic E-state index is 12.8. The van der Waals surface area contributed by atoms with E-state index in [1.807, 2.05) is 31.2 Å². The summed E-state index contributed by atoms with van der Waals surface area (Å²) in [5.41, 5.74) is 3.98. The summed E-state index contributed by atoms with van der Waals surface area (Å²) in [6, 6.07) is 14.8. The smallest absolute Gasteiger partial charge is 0.261 e. The van der Waals surface area contributed by atoms with E-state index in [4.69, 9.17) is 4.74 Å². The summed E-state index contributed by atoms with van der Waals surface area (Å²) in [4.78, 5) is 0.231. The van der Waals surface area contributed by atoms with E-state index in [0.717, 1.165) is 23.8 Å². The van der Waals surface area contributed by atoms with Crippen molar-refractivity contribution in [3.8, 4) is 5.75 Å². The number of ether oxygens (including phenoxy) is 1. The van der Waals surface area contributed by atoms with Crippen LogP contribution in [0.4, 0.5) is 5.69 Å². The predicted octanol–water partition coefficient (Wildman–Crippen LogP) is 4.06.